The average Bonchev–Trinajstić information content (AvgIpc) is 3.16. The molecule has 2 amide bonds. The summed E-state index contributed by atoms with van der Waals surface area (Å²) >= 11 is 0. The zero-order chi connectivity index (χ0) is 19.2. The van der Waals surface area contributed by atoms with Crippen LogP contribution in [0, 0.1) is 0 Å². The van der Waals surface area contributed by atoms with Crippen molar-refractivity contribution < 1.29 is 14.3 Å². The molecule has 144 valence electrons. The summed E-state index contributed by atoms with van der Waals surface area (Å²) in [6.07, 6.45) is 2.71. The molecule has 3 rings (SSSR count). The number of aromatic nitrogens is 1. The Hall–Kier alpha value is -2.76. The first-order valence-corrected chi connectivity index (χ1v) is 9.44. The normalized spacial score (nSPS) is 14.5. The third kappa shape index (κ3) is 5.36. The Balaban J connectivity index is 1.46. The second-order valence-corrected chi connectivity index (χ2v) is 7.12. The number of aromatic amines is 1. The molecule has 1 saturated heterocycles. The van der Waals surface area contributed by atoms with Gasteiger partial charge in [-0.05, 0) is 43.7 Å². The second kappa shape index (κ2) is 8.75. The number of carbonyl (C=O) groups excluding carboxylic acids is 2. The molecule has 6 heteroatoms. The Morgan fingerprint density at radius 3 is 2.07 bits per heavy atom. The molecule has 6 nitrogen and oxygen atoms in total. The average molecular weight is 369 g/mol. The van der Waals surface area contributed by atoms with E-state index in [1.54, 1.807) is 0 Å². The van der Waals surface area contributed by atoms with E-state index >= 15 is 0 Å². The zero-order valence-electron chi connectivity index (χ0n) is 16.0. The summed E-state index contributed by atoms with van der Waals surface area (Å²) in [6, 6.07) is 11.5. The maximum atomic E-state index is 12.5. The molecule has 0 spiro atoms. The predicted molar refractivity (Wildman–Crippen MR) is 104 cm³/mol. The van der Waals surface area contributed by atoms with Gasteiger partial charge in [-0.15, -0.1) is 0 Å². The van der Waals surface area contributed by atoms with Crippen molar-refractivity contribution in [3.8, 4) is 5.75 Å². The number of benzene rings is 1. The Morgan fingerprint density at radius 1 is 0.963 bits per heavy atom. The Morgan fingerprint density at radius 2 is 1.56 bits per heavy atom. The van der Waals surface area contributed by atoms with Gasteiger partial charge in [0.25, 0.3) is 0 Å². The molecule has 0 saturated carbocycles. The number of rotatable bonds is 6. The van der Waals surface area contributed by atoms with Crippen molar-refractivity contribution in [2.24, 2.45) is 0 Å². The van der Waals surface area contributed by atoms with Crippen LogP contribution in [0.4, 0.5) is 0 Å². The molecule has 2 aromatic rings. The number of nitrogens with zero attached hydrogens (tertiary/aromatic N) is 2. The summed E-state index contributed by atoms with van der Waals surface area (Å²) in [6.45, 7) is 6.33. The molecule has 27 heavy (non-hydrogen) atoms. The standard InChI is InChI=1S/C21H27N3O3/c1-16(2)27-19-7-5-17(6-8-19)14-20(25)23-10-12-24(13-11-23)21(26)15-18-4-3-9-22-18/h3-9,16,22H,10-15H2,1-2H3. The Kier molecular flexibility index (Phi) is 6.16. The van der Waals surface area contributed by atoms with Crippen LogP contribution in [0.15, 0.2) is 42.6 Å². The Bertz CT molecular complexity index is 745. The lowest BCUT2D eigenvalue weighted by molar-refractivity contribution is -0.138. The van der Waals surface area contributed by atoms with E-state index in [4.69, 9.17) is 4.74 Å². The van der Waals surface area contributed by atoms with Crippen molar-refractivity contribution in [1.29, 1.82) is 0 Å². The van der Waals surface area contributed by atoms with Crippen LogP contribution < -0.4 is 4.74 Å². The second-order valence-electron chi connectivity index (χ2n) is 7.12. The number of hydrogen-bond donors (Lipinski definition) is 1. The van der Waals surface area contributed by atoms with Crippen molar-refractivity contribution in [3.63, 3.8) is 0 Å². The van der Waals surface area contributed by atoms with Crippen molar-refractivity contribution >= 4 is 11.8 Å². The maximum Gasteiger partial charge on any atom is 0.228 e. The van der Waals surface area contributed by atoms with Gasteiger partial charge < -0.3 is 19.5 Å². The van der Waals surface area contributed by atoms with Crippen LogP contribution in [0.3, 0.4) is 0 Å². The minimum Gasteiger partial charge on any atom is -0.491 e. The summed E-state index contributed by atoms with van der Waals surface area (Å²) in [7, 11) is 0. The van der Waals surface area contributed by atoms with Gasteiger partial charge in [0, 0.05) is 38.1 Å². The topological polar surface area (TPSA) is 65.6 Å². The molecule has 1 fully saturated rings. The fourth-order valence-corrected chi connectivity index (χ4v) is 3.20. The molecule has 1 aromatic carbocycles. The van der Waals surface area contributed by atoms with Crippen LogP contribution in [-0.4, -0.2) is 58.9 Å². The highest BCUT2D eigenvalue weighted by molar-refractivity contribution is 5.80. The van der Waals surface area contributed by atoms with E-state index in [9.17, 15) is 9.59 Å². The van der Waals surface area contributed by atoms with Gasteiger partial charge in [0.05, 0.1) is 18.9 Å². The number of amides is 2. The summed E-state index contributed by atoms with van der Waals surface area (Å²) in [5.41, 5.74) is 1.89. The molecule has 0 unspecified atom stereocenters. The SMILES string of the molecule is CC(C)Oc1ccc(CC(=O)N2CCN(C(=O)Cc3ccc[nH]3)CC2)cc1. The van der Waals surface area contributed by atoms with Crippen molar-refractivity contribution in [3.05, 3.63) is 53.9 Å². The lowest BCUT2D eigenvalue weighted by atomic mass is 10.1. The first kappa shape index (κ1) is 19.0. The third-order valence-corrected chi connectivity index (χ3v) is 4.64. The molecule has 0 bridgehead atoms. The van der Waals surface area contributed by atoms with Crippen LogP contribution in [-0.2, 0) is 22.4 Å². The van der Waals surface area contributed by atoms with Gasteiger partial charge in [0.15, 0.2) is 0 Å². The number of nitrogens with one attached hydrogen (secondary N) is 1. The smallest absolute Gasteiger partial charge is 0.228 e. The third-order valence-electron chi connectivity index (χ3n) is 4.64. The summed E-state index contributed by atoms with van der Waals surface area (Å²) in [5, 5.41) is 0. The van der Waals surface area contributed by atoms with E-state index in [-0.39, 0.29) is 17.9 Å². The molecular formula is C21H27N3O3. The lowest BCUT2D eigenvalue weighted by Gasteiger charge is -2.35. The molecule has 1 aromatic heterocycles. The van der Waals surface area contributed by atoms with E-state index in [2.05, 4.69) is 4.98 Å². The molecular weight excluding hydrogens is 342 g/mol. The molecule has 2 heterocycles. The molecule has 1 N–H and O–H groups in total. The number of hydrogen-bond acceptors (Lipinski definition) is 3. The summed E-state index contributed by atoms with van der Waals surface area (Å²) in [4.78, 5) is 31.6. The zero-order valence-corrected chi connectivity index (χ0v) is 16.0. The fraction of sp³-hybridized carbons (Fsp3) is 0.429. The number of ether oxygens (including phenoxy) is 1. The highest BCUT2D eigenvalue weighted by Gasteiger charge is 2.24. The van der Waals surface area contributed by atoms with Crippen LogP contribution in [0.1, 0.15) is 25.1 Å². The molecule has 0 radical (unpaired) electrons. The number of H-pyrrole nitrogens is 1. The fourth-order valence-electron chi connectivity index (χ4n) is 3.20. The first-order chi connectivity index (χ1) is 13.0. The van der Waals surface area contributed by atoms with Crippen LogP contribution in [0.25, 0.3) is 0 Å². The summed E-state index contributed by atoms with van der Waals surface area (Å²) in [5.74, 6) is 1.02. The predicted octanol–water partition coefficient (Wildman–Crippen LogP) is 2.26. The van der Waals surface area contributed by atoms with Gasteiger partial charge in [0.2, 0.25) is 11.8 Å². The van der Waals surface area contributed by atoms with E-state index < -0.39 is 0 Å². The molecule has 1 aliphatic heterocycles. The van der Waals surface area contributed by atoms with Gasteiger partial charge in [-0.25, -0.2) is 0 Å². The van der Waals surface area contributed by atoms with Gasteiger partial charge in [-0.1, -0.05) is 12.1 Å². The van der Waals surface area contributed by atoms with E-state index in [1.807, 2.05) is 66.2 Å². The van der Waals surface area contributed by atoms with E-state index in [0.29, 0.717) is 39.0 Å². The van der Waals surface area contributed by atoms with Crippen molar-refractivity contribution in [2.45, 2.75) is 32.8 Å². The number of piperazine rings is 1. The minimum atomic E-state index is 0.101. The van der Waals surface area contributed by atoms with Crippen LogP contribution in [0.2, 0.25) is 0 Å². The first-order valence-electron chi connectivity index (χ1n) is 9.44. The van der Waals surface area contributed by atoms with Crippen molar-refractivity contribution in [2.75, 3.05) is 26.2 Å². The van der Waals surface area contributed by atoms with E-state index in [1.165, 1.54) is 0 Å². The maximum absolute atomic E-state index is 12.5. The van der Waals surface area contributed by atoms with Crippen LogP contribution >= 0.6 is 0 Å². The van der Waals surface area contributed by atoms with Gasteiger partial charge in [-0.2, -0.15) is 0 Å². The van der Waals surface area contributed by atoms with Crippen LogP contribution in [0.5, 0.6) is 5.75 Å². The van der Waals surface area contributed by atoms with E-state index in [0.717, 1.165) is 17.0 Å². The van der Waals surface area contributed by atoms with Gasteiger partial charge >= 0.3 is 0 Å². The molecule has 0 atom stereocenters. The van der Waals surface area contributed by atoms with Gasteiger partial charge in [0.1, 0.15) is 5.75 Å². The Labute approximate surface area is 160 Å². The monoisotopic (exact) mass is 369 g/mol. The highest BCUT2D eigenvalue weighted by Crippen LogP contribution is 2.15. The van der Waals surface area contributed by atoms with Crippen molar-refractivity contribution in [1.82, 2.24) is 14.8 Å². The summed E-state index contributed by atoms with van der Waals surface area (Å²) < 4.78 is 5.63. The quantitative estimate of drug-likeness (QED) is 0.849. The molecule has 1 aliphatic rings. The minimum absolute atomic E-state index is 0.101. The largest absolute Gasteiger partial charge is 0.491 e. The number of carbonyl (C=O) groups is 2. The van der Waals surface area contributed by atoms with Gasteiger partial charge in [-0.3, -0.25) is 9.59 Å². The molecule has 0 aliphatic carbocycles. The highest BCUT2D eigenvalue weighted by atomic mass is 16.5. The lowest BCUT2D eigenvalue weighted by Crippen LogP contribution is -2.51.